The molecule has 2 aliphatic heterocycles. The summed E-state index contributed by atoms with van der Waals surface area (Å²) in [7, 11) is 2.14. The number of carboxylic acids is 1. The molecule has 0 spiro atoms. The van der Waals surface area contributed by atoms with Crippen LogP contribution in [0, 0.1) is 0 Å². The van der Waals surface area contributed by atoms with Crippen molar-refractivity contribution in [3.63, 3.8) is 0 Å². The first-order valence-corrected chi connectivity index (χ1v) is 7.14. The Hall–Kier alpha value is -1.34. The van der Waals surface area contributed by atoms with E-state index in [4.69, 9.17) is 10.2 Å². The van der Waals surface area contributed by atoms with Gasteiger partial charge in [-0.2, -0.15) is 0 Å². The fourth-order valence-electron chi connectivity index (χ4n) is 3.30. The third-order valence-electron chi connectivity index (χ3n) is 4.46. The normalized spacial score (nSPS) is 31.4. The lowest BCUT2D eigenvalue weighted by atomic mass is 9.82. The standard InChI is InChI=1S/C13H23N3O4/c1-16-9-3-2-4-10(16)6-8(5-9)14-13(20)15-11(7-17)12(18)19/h8-11,17H,2-7H2,1H3,(H,18,19)(H2,14,15,20)/t8?,9?,10?,11-/m1/s1. The Morgan fingerprint density at radius 1 is 1.30 bits per heavy atom. The number of carbonyl (C=O) groups is 2. The molecule has 2 bridgehead atoms. The number of hydrogen-bond donors (Lipinski definition) is 4. The molecule has 2 fully saturated rings. The van der Waals surface area contributed by atoms with Crippen molar-refractivity contribution in [2.45, 2.75) is 56.3 Å². The molecule has 0 radical (unpaired) electrons. The number of rotatable bonds is 4. The summed E-state index contributed by atoms with van der Waals surface area (Å²) < 4.78 is 0. The van der Waals surface area contributed by atoms with Crippen LogP contribution in [0.3, 0.4) is 0 Å². The minimum Gasteiger partial charge on any atom is -0.480 e. The second-order valence-corrected chi connectivity index (χ2v) is 5.76. The van der Waals surface area contributed by atoms with Crippen LogP contribution >= 0.6 is 0 Å². The molecule has 2 aliphatic rings. The van der Waals surface area contributed by atoms with E-state index in [-0.39, 0.29) is 6.04 Å². The summed E-state index contributed by atoms with van der Waals surface area (Å²) >= 11 is 0. The van der Waals surface area contributed by atoms with Gasteiger partial charge in [0.25, 0.3) is 0 Å². The highest BCUT2D eigenvalue weighted by Crippen LogP contribution is 2.32. The number of nitrogens with zero attached hydrogens (tertiary/aromatic N) is 1. The lowest BCUT2D eigenvalue weighted by Gasteiger charge is -2.47. The van der Waals surface area contributed by atoms with E-state index in [1.54, 1.807) is 0 Å². The molecule has 2 heterocycles. The van der Waals surface area contributed by atoms with Crippen molar-refractivity contribution < 1.29 is 19.8 Å². The number of nitrogens with one attached hydrogen (secondary N) is 2. The molecule has 7 nitrogen and oxygen atoms in total. The predicted molar refractivity (Wildman–Crippen MR) is 72.4 cm³/mol. The van der Waals surface area contributed by atoms with Gasteiger partial charge in [-0.1, -0.05) is 6.42 Å². The van der Waals surface area contributed by atoms with Crippen molar-refractivity contribution >= 4 is 12.0 Å². The summed E-state index contributed by atoms with van der Waals surface area (Å²) in [5.74, 6) is -1.23. The molecule has 0 aromatic rings. The first-order chi connectivity index (χ1) is 9.51. The number of hydrogen-bond acceptors (Lipinski definition) is 4. The topological polar surface area (TPSA) is 102 Å². The van der Waals surface area contributed by atoms with Gasteiger partial charge in [0.1, 0.15) is 0 Å². The average molecular weight is 285 g/mol. The van der Waals surface area contributed by atoms with Gasteiger partial charge in [-0.25, -0.2) is 9.59 Å². The Labute approximate surface area is 118 Å². The Balaban J connectivity index is 1.84. The maximum Gasteiger partial charge on any atom is 0.328 e. The Morgan fingerprint density at radius 2 is 1.90 bits per heavy atom. The van der Waals surface area contributed by atoms with Crippen molar-refractivity contribution in [1.29, 1.82) is 0 Å². The van der Waals surface area contributed by atoms with Crippen LogP contribution in [0.1, 0.15) is 32.1 Å². The minimum absolute atomic E-state index is 0.0784. The van der Waals surface area contributed by atoms with Crippen LogP contribution in [0.25, 0.3) is 0 Å². The number of piperidine rings is 2. The van der Waals surface area contributed by atoms with Crippen LogP contribution < -0.4 is 10.6 Å². The molecule has 0 aromatic carbocycles. The number of aliphatic hydroxyl groups is 1. The van der Waals surface area contributed by atoms with E-state index in [1.165, 1.54) is 6.42 Å². The van der Waals surface area contributed by atoms with Crippen LogP contribution in [0.2, 0.25) is 0 Å². The molecule has 7 heteroatoms. The highest BCUT2D eigenvalue weighted by molar-refractivity contribution is 5.82. The number of carboxylic acid groups (broad SMARTS) is 1. The zero-order chi connectivity index (χ0) is 14.7. The van der Waals surface area contributed by atoms with E-state index in [2.05, 4.69) is 22.6 Å². The molecule has 0 aromatic heterocycles. The molecule has 2 rings (SSSR count). The minimum atomic E-state index is -1.25. The van der Waals surface area contributed by atoms with Crippen molar-refractivity contribution in [3.05, 3.63) is 0 Å². The molecule has 2 unspecified atom stereocenters. The molecular formula is C13H23N3O4. The van der Waals surface area contributed by atoms with Crippen LogP contribution in [0.4, 0.5) is 4.79 Å². The molecule has 3 atom stereocenters. The quantitative estimate of drug-likeness (QED) is 0.570. The first-order valence-electron chi connectivity index (χ1n) is 7.14. The van der Waals surface area contributed by atoms with E-state index in [1.807, 2.05) is 0 Å². The van der Waals surface area contributed by atoms with Crippen molar-refractivity contribution in [2.75, 3.05) is 13.7 Å². The highest BCUT2D eigenvalue weighted by atomic mass is 16.4. The fourth-order valence-corrected chi connectivity index (χ4v) is 3.30. The number of carbonyl (C=O) groups excluding carboxylic acids is 1. The van der Waals surface area contributed by atoms with Gasteiger partial charge in [-0.05, 0) is 32.7 Å². The van der Waals surface area contributed by atoms with Crippen LogP contribution in [-0.2, 0) is 4.79 Å². The molecule has 2 amide bonds. The van der Waals surface area contributed by atoms with Gasteiger partial charge >= 0.3 is 12.0 Å². The smallest absolute Gasteiger partial charge is 0.328 e. The summed E-state index contributed by atoms with van der Waals surface area (Å²) in [5.41, 5.74) is 0. The van der Waals surface area contributed by atoms with Gasteiger partial charge in [0, 0.05) is 18.1 Å². The predicted octanol–water partition coefficient (Wildman–Crippen LogP) is -0.254. The zero-order valence-corrected chi connectivity index (χ0v) is 11.7. The van der Waals surface area contributed by atoms with Crippen molar-refractivity contribution in [3.8, 4) is 0 Å². The second kappa shape index (κ2) is 6.41. The van der Waals surface area contributed by atoms with Crippen LogP contribution in [0.5, 0.6) is 0 Å². The van der Waals surface area contributed by atoms with Crippen LogP contribution in [-0.4, -0.2) is 64.9 Å². The summed E-state index contributed by atoms with van der Waals surface area (Å²) in [4.78, 5) is 24.9. The molecule has 2 saturated heterocycles. The number of aliphatic hydroxyl groups excluding tert-OH is 1. The SMILES string of the molecule is CN1C2CCCC1CC(NC(=O)N[C@H](CO)C(=O)O)C2. The monoisotopic (exact) mass is 285 g/mol. The van der Waals surface area contributed by atoms with E-state index in [9.17, 15) is 9.59 Å². The number of amides is 2. The maximum absolute atomic E-state index is 11.8. The summed E-state index contributed by atoms with van der Waals surface area (Å²) in [6, 6.07) is -0.684. The molecule has 114 valence electrons. The molecule has 0 saturated carbocycles. The summed E-state index contributed by atoms with van der Waals surface area (Å²) in [6.45, 7) is -0.610. The number of fused-ring (bicyclic) bond motifs is 2. The van der Waals surface area contributed by atoms with Crippen molar-refractivity contribution in [2.24, 2.45) is 0 Å². The molecule has 0 aliphatic carbocycles. The van der Waals surface area contributed by atoms with Gasteiger partial charge in [-0.3, -0.25) is 0 Å². The zero-order valence-electron chi connectivity index (χ0n) is 11.7. The van der Waals surface area contributed by atoms with E-state index < -0.39 is 24.6 Å². The van der Waals surface area contributed by atoms with Gasteiger partial charge in [0.2, 0.25) is 0 Å². The number of aliphatic carboxylic acids is 1. The number of urea groups is 1. The third kappa shape index (κ3) is 3.40. The largest absolute Gasteiger partial charge is 0.480 e. The summed E-state index contributed by atoms with van der Waals surface area (Å²) in [5, 5.41) is 22.8. The lowest BCUT2D eigenvalue weighted by molar-refractivity contribution is -0.140. The first kappa shape index (κ1) is 15.1. The van der Waals surface area contributed by atoms with E-state index in [0.717, 1.165) is 25.7 Å². The van der Waals surface area contributed by atoms with E-state index >= 15 is 0 Å². The molecule has 4 N–H and O–H groups in total. The Bertz CT molecular complexity index is 363. The molecular weight excluding hydrogens is 262 g/mol. The second-order valence-electron chi connectivity index (χ2n) is 5.76. The summed E-state index contributed by atoms with van der Waals surface area (Å²) in [6.07, 6.45) is 5.35. The molecule has 20 heavy (non-hydrogen) atoms. The Morgan fingerprint density at radius 3 is 2.40 bits per heavy atom. The third-order valence-corrected chi connectivity index (χ3v) is 4.46. The Kier molecular flexibility index (Phi) is 4.82. The van der Waals surface area contributed by atoms with Crippen LogP contribution in [0.15, 0.2) is 0 Å². The van der Waals surface area contributed by atoms with Gasteiger partial charge < -0.3 is 25.7 Å². The van der Waals surface area contributed by atoms with Crippen molar-refractivity contribution in [1.82, 2.24) is 15.5 Å². The van der Waals surface area contributed by atoms with E-state index in [0.29, 0.717) is 12.1 Å². The lowest BCUT2D eigenvalue weighted by Crippen LogP contribution is -2.57. The van der Waals surface area contributed by atoms with Gasteiger partial charge in [-0.15, -0.1) is 0 Å². The van der Waals surface area contributed by atoms with Gasteiger partial charge in [0.15, 0.2) is 6.04 Å². The van der Waals surface area contributed by atoms with Gasteiger partial charge in [0.05, 0.1) is 6.61 Å². The maximum atomic E-state index is 11.8. The average Bonchev–Trinajstić information content (AvgIpc) is 2.37. The highest BCUT2D eigenvalue weighted by Gasteiger charge is 2.36. The fraction of sp³-hybridized carbons (Fsp3) is 0.846.